The normalized spacial score (nSPS) is 20.6. The molecule has 6 nitrogen and oxygen atoms in total. The minimum Gasteiger partial charge on any atom is -0.334 e. The molecule has 1 atom stereocenters. The van der Waals surface area contributed by atoms with E-state index in [1.54, 1.807) is 4.90 Å². The zero-order valence-electron chi connectivity index (χ0n) is 12.5. The second kappa shape index (κ2) is 7.06. The Morgan fingerprint density at radius 2 is 1.65 bits per heavy atom. The van der Waals surface area contributed by atoms with Crippen LogP contribution in [-0.2, 0) is 19.4 Å². The monoisotopic (exact) mass is 304 g/mol. The summed E-state index contributed by atoms with van der Waals surface area (Å²) in [6.07, 6.45) is 2.00. The highest BCUT2D eigenvalue weighted by atomic mass is 32.2. The lowest BCUT2D eigenvalue weighted by molar-refractivity contribution is -0.152. The number of sulfone groups is 1. The fourth-order valence-corrected chi connectivity index (χ4v) is 4.16. The van der Waals surface area contributed by atoms with Crippen molar-refractivity contribution in [3.63, 3.8) is 0 Å². The van der Waals surface area contributed by atoms with Gasteiger partial charge in [0.05, 0.1) is 11.5 Å². The van der Waals surface area contributed by atoms with Gasteiger partial charge in [-0.05, 0) is 19.3 Å². The third kappa shape index (κ3) is 4.19. The zero-order chi connectivity index (χ0) is 15.3. The fourth-order valence-electron chi connectivity index (χ4n) is 2.39. The zero-order valence-corrected chi connectivity index (χ0v) is 13.3. The van der Waals surface area contributed by atoms with Crippen LogP contribution in [0.5, 0.6) is 0 Å². The van der Waals surface area contributed by atoms with Crippen LogP contribution in [0, 0.1) is 0 Å². The van der Waals surface area contributed by atoms with Crippen LogP contribution in [0.2, 0.25) is 0 Å². The first kappa shape index (κ1) is 16.9. The molecule has 0 aromatic rings. The number of hydrogen-bond donors (Lipinski definition) is 0. The maximum Gasteiger partial charge on any atom is 0.312 e. The van der Waals surface area contributed by atoms with E-state index in [1.807, 2.05) is 13.8 Å². The molecular weight excluding hydrogens is 280 g/mol. The molecule has 0 radical (unpaired) electrons. The molecule has 0 N–H and O–H groups in total. The second-order valence-electron chi connectivity index (χ2n) is 5.27. The summed E-state index contributed by atoms with van der Waals surface area (Å²) in [5, 5.41) is 0. The number of carbonyl (C=O) groups excluding carboxylic acids is 2. The molecule has 1 unspecified atom stereocenters. The van der Waals surface area contributed by atoms with Crippen LogP contribution in [0.1, 0.15) is 33.1 Å². The highest BCUT2D eigenvalue weighted by molar-refractivity contribution is 7.91. The van der Waals surface area contributed by atoms with Gasteiger partial charge < -0.3 is 9.80 Å². The van der Waals surface area contributed by atoms with Crippen molar-refractivity contribution in [1.82, 2.24) is 9.80 Å². The van der Waals surface area contributed by atoms with Gasteiger partial charge in [0, 0.05) is 26.2 Å². The molecular formula is C13H24N2O4S. The van der Waals surface area contributed by atoms with Gasteiger partial charge in [-0.25, -0.2) is 8.42 Å². The summed E-state index contributed by atoms with van der Waals surface area (Å²) >= 11 is 0. The summed E-state index contributed by atoms with van der Waals surface area (Å²) in [6.45, 7) is 5.01. The average Bonchev–Trinajstić information content (AvgIpc) is 2.76. The van der Waals surface area contributed by atoms with Crippen LogP contribution in [-0.4, -0.2) is 67.7 Å². The van der Waals surface area contributed by atoms with Gasteiger partial charge in [-0.15, -0.1) is 0 Å². The standard InChI is InChI=1S/C13H24N2O4S/c1-4-7-15(8-5-2)13(17)12(16)14(3)11-6-9-20(18,19)10-11/h11H,4-10H2,1-3H3. The predicted molar refractivity (Wildman–Crippen MR) is 77.0 cm³/mol. The van der Waals surface area contributed by atoms with E-state index in [4.69, 9.17) is 0 Å². The molecule has 116 valence electrons. The third-order valence-electron chi connectivity index (χ3n) is 3.53. The third-order valence-corrected chi connectivity index (χ3v) is 5.28. The molecule has 0 spiro atoms. The van der Waals surface area contributed by atoms with E-state index in [1.165, 1.54) is 11.9 Å². The molecule has 20 heavy (non-hydrogen) atoms. The Hall–Kier alpha value is -1.11. The number of rotatable bonds is 5. The number of nitrogens with zero attached hydrogens (tertiary/aromatic N) is 2. The summed E-state index contributed by atoms with van der Waals surface area (Å²) in [7, 11) is -1.54. The molecule has 0 aliphatic carbocycles. The van der Waals surface area contributed by atoms with Crippen molar-refractivity contribution in [3.05, 3.63) is 0 Å². The van der Waals surface area contributed by atoms with Crippen LogP contribution in [0.3, 0.4) is 0 Å². The van der Waals surface area contributed by atoms with Crippen molar-refractivity contribution in [2.45, 2.75) is 39.2 Å². The summed E-state index contributed by atoms with van der Waals surface area (Å²) in [4.78, 5) is 27.2. The highest BCUT2D eigenvalue weighted by Gasteiger charge is 2.35. The van der Waals surface area contributed by atoms with Gasteiger partial charge in [0.1, 0.15) is 0 Å². The van der Waals surface area contributed by atoms with E-state index in [0.717, 1.165) is 12.8 Å². The molecule has 1 rings (SSSR count). The first-order valence-corrected chi connectivity index (χ1v) is 8.91. The lowest BCUT2D eigenvalue weighted by Gasteiger charge is -2.27. The predicted octanol–water partition coefficient (Wildman–Crippen LogP) is 0.281. The molecule has 0 saturated carbocycles. The Morgan fingerprint density at radius 1 is 1.10 bits per heavy atom. The van der Waals surface area contributed by atoms with Crippen LogP contribution in [0.25, 0.3) is 0 Å². The number of hydrogen-bond acceptors (Lipinski definition) is 4. The van der Waals surface area contributed by atoms with Gasteiger partial charge in [-0.3, -0.25) is 9.59 Å². The van der Waals surface area contributed by atoms with E-state index in [0.29, 0.717) is 19.5 Å². The van der Waals surface area contributed by atoms with E-state index in [2.05, 4.69) is 0 Å². The molecule has 0 aromatic carbocycles. The molecule has 2 amide bonds. The lowest BCUT2D eigenvalue weighted by Crippen LogP contribution is -2.48. The number of carbonyl (C=O) groups is 2. The quantitative estimate of drug-likeness (QED) is 0.684. The molecule has 1 saturated heterocycles. The van der Waals surface area contributed by atoms with Crippen LogP contribution in [0.4, 0.5) is 0 Å². The van der Waals surface area contributed by atoms with Crippen molar-refractivity contribution in [2.24, 2.45) is 0 Å². The summed E-state index contributed by atoms with van der Waals surface area (Å²) in [5.41, 5.74) is 0. The smallest absolute Gasteiger partial charge is 0.312 e. The first-order valence-electron chi connectivity index (χ1n) is 7.08. The Bertz CT molecular complexity index is 455. The van der Waals surface area contributed by atoms with E-state index in [9.17, 15) is 18.0 Å². The van der Waals surface area contributed by atoms with Gasteiger partial charge in [-0.1, -0.05) is 13.8 Å². The van der Waals surface area contributed by atoms with E-state index < -0.39 is 21.7 Å². The molecule has 1 aliphatic heterocycles. The van der Waals surface area contributed by atoms with Crippen molar-refractivity contribution < 1.29 is 18.0 Å². The van der Waals surface area contributed by atoms with Crippen molar-refractivity contribution in [1.29, 1.82) is 0 Å². The summed E-state index contributed by atoms with van der Waals surface area (Å²) in [6, 6.07) is -0.374. The topological polar surface area (TPSA) is 74.8 Å². The molecule has 0 aromatic heterocycles. The largest absolute Gasteiger partial charge is 0.334 e. The number of amides is 2. The highest BCUT2D eigenvalue weighted by Crippen LogP contribution is 2.17. The number of likely N-dealkylation sites (N-methyl/N-ethyl adjacent to an activating group) is 1. The second-order valence-corrected chi connectivity index (χ2v) is 7.49. The van der Waals surface area contributed by atoms with Crippen LogP contribution < -0.4 is 0 Å². The Labute approximate surface area is 121 Å². The van der Waals surface area contributed by atoms with Gasteiger partial charge in [0.25, 0.3) is 0 Å². The molecule has 1 heterocycles. The van der Waals surface area contributed by atoms with Gasteiger partial charge in [-0.2, -0.15) is 0 Å². The van der Waals surface area contributed by atoms with Gasteiger partial charge in [0.15, 0.2) is 9.84 Å². The summed E-state index contributed by atoms with van der Waals surface area (Å²) in [5.74, 6) is -1.07. The Morgan fingerprint density at radius 3 is 2.05 bits per heavy atom. The van der Waals surface area contributed by atoms with E-state index >= 15 is 0 Å². The molecule has 1 aliphatic rings. The molecule has 7 heteroatoms. The van der Waals surface area contributed by atoms with Gasteiger partial charge in [0.2, 0.25) is 0 Å². The van der Waals surface area contributed by atoms with Crippen molar-refractivity contribution in [2.75, 3.05) is 31.6 Å². The maximum absolute atomic E-state index is 12.2. The minimum atomic E-state index is -3.06. The Kier molecular flexibility index (Phi) is 5.98. The Balaban J connectivity index is 2.70. The molecule has 1 fully saturated rings. The lowest BCUT2D eigenvalue weighted by atomic mass is 10.2. The van der Waals surface area contributed by atoms with Crippen molar-refractivity contribution in [3.8, 4) is 0 Å². The van der Waals surface area contributed by atoms with Crippen molar-refractivity contribution >= 4 is 21.7 Å². The van der Waals surface area contributed by atoms with E-state index in [-0.39, 0.29) is 17.5 Å². The summed E-state index contributed by atoms with van der Waals surface area (Å²) < 4.78 is 22.9. The first-order chi connectivity index (χ1) is 9.32. The van der Waals surface area contributed by atoms with Gasteiger partial charge >= 0.3 is 11.8 Å². The molecule has 0 bridgehead atoms. The average molecular weight is 304 g/mol. The van der Waals surface area contributed by atoms with Crippen LogP contribution in [0.15, 0.2) is 0 Å². The minimum absolute atomic E-state index is 0.0376. The maximum atomic E-state index is 12.2. The fraction of sp³-hybridized carbons (Fsp3) is 0.846. The van der Waals surface area contributed by atoms with Crippen LogP contribution >= 0.6 is 0 Å². The SMILES string of the molecule is CCCN(CCC)C(=O)C(=O)N(C)C1CCS(=O)(=O)C1.